The van der Waals surface area contributed by atoms with Crippen molar-refractivity contribution >= 4 is 64.2 Å². The Kier molecular flexibility index (Phi) is 4.92. The first kappa shape index (κ1) is 17.3. The number of carboxylic acids is 1. The molecule has 118 valence electrons. The summed E-state index contributed by atoms with van der Waals surface area (Å²) in [7, 11) is 0. The third kappa shape index (κ3) is 2.46. The summed E-state index contributed by atoms with van der Waals surface area (Å²) < 4.78 is 0. The zero-order valence-electron chi connectivity index (χ0n) is 11.1. The van der Waals surface area contributed by atoms with Crippen molar-refractivity contribution in [3.05, 3.63) is 31.2 Å². The molecule has 2 amide bonds. The number of halogens is 4. The summed E-state index contributed by atoms with van der Waals surface area (Å²) in [5.41, 5.74) is -0.429. The number of carboxylic acid groups (broad SMARTS) is 1. The van der Waals surface area contributed by atoms with Crippen molar-refractivity contribution in [2.75, 3.05) is 0 Å². The third-order valence-corrected chi connectivity index (χ3v) is 5.09. The number of amides is 2. The molecule has 1 heterocycles. The van der Waals surface area contributed by atoms with Crippen molar-refractivity contribution in [3.63, 3.8) is 0 Å². The predicted octanol–water partition coefficient (Wildman–Crippen LogP) is 4.15. The summed E-state index contributed by atoms with van der Waals surface area (Å²) in [4.78, 5) is 36.9. The van der Waals surface area contributed by atoms with Crippen LogP contribution in [-0.2, 0) is 4.79 Å². The minimum atomic E-state index is -1.30. The average molecular weight is 385 g/mol. The average Bonchev–Trinajstić information content (AvgIpc) is 2.72. The number of fused-ring (bicyclic) bond motifs is 1. The molecule has 0 fully saturated rings. The van der Waals surface area contributed by atoms with E-state index in [4.69, 9.17) is 46.4 Å². The Bertz CT molecular complexity index is 657. The molecule has 0 bridgehead atoms. The van der Waals surface area contributed by atoms with Crippen molar-refractivity contribution in [1.29, 1.82) is 0 Å². The molecule has 1 aliphatic heterocycles. The molecule has 1 aromatic rings. The van der Waals surface area contributed by atoms with E-state index in [1.165, 1.54) is 0 Å². The number of hydrogen-bond donors (Lipinski definition) is 1. The van der Waals surface area contributed by atoms with E-state index < -0.39 is 23.8 Å². The van der Waals surface area contributed by atoms with Gasteiger partial charge in [-0.25, -0.2) is 4.79 Å². The topological polar surface area (TPSA) is 74.7 Å². The lowest BCUT2D eigenvalue weighted by atomic mass is 10.1. The quantitative estimate of drug-likeness (QED) is 0.480. The number of nitrogens with zero attached hydrogens (tertiary/aromatic N) is 1. The van der Waals surface area contributed by atoms with Crippen LogP contribution in [0.4, 0.5) is 0 Å². The lowest BCUT2D eigenvalue weighted by molar-refractivity contribution is -0.141. The van der Waals surface area contributed by atoms with Gasteiger partial charge in [-0.3, -0.25) is 14.5 Å². The maximum Gasteiger partial charge on any atom is 0.326 e. The van der Waals surface area contributed by atoms with E-state index in [1.54, 1.807) is 6.92 Å². The van der Waals surface area contributed by atoms with Gasteiger partial charge in [0.05, 0.1) is 31.2 Å². The number of carbonyl (C=O) groups excluding carboxylic acids is 2. The Balaban J connectivity index is 2.66. The molecule has 5 nitrogen and oxygen atoms in total. The Morgan fingerprint density at radius 1 is 1.00 bits per heavy atom. The normalized spacial score (nSPS) is 15.2. The van der Waals surface area contributed by atoms with Crippen molar-refractivity contribution in [3.8, 4) is 0 Å². The molecule has 0 aromatic heterocycles. The van der Waals surface area contributed by atoms with Crippen LogP contribution in [0.25, 0.3) is 0 Å². The highest BCUT2D eigenvalue weighted by molar-refractivity contribution is 6.55. The zero-order chi connectivity index (χ0) is 16.8. The van der Waals surface area contributed by atoms with Gasteiger partial charge in [0.15, 0.2) is 0 Å². The number of imide groups is 1. The maximum absolute atomic E-state index is 12.5. The first-order valence-electron chi connectivity index (χ1n) is 6.20. The summed E-state index contributed by atoms with van der Waals surface area (Å²) in [6, 6.07) is -1.30. The SMILES string of the molecule is CCCC(C(=O)O)N1C(=O)c2c(Cl)c(Cl)c(Cl)c(Cl)c2C1=O. The maximum atomic E-state index is 12.5. The number of rotatable bonds is 4. The summed E-state index contributed by atoms with van der Waals surface area (Å²) in [5.74, 6) is -2.97. The molecule has 1 unspecified atom stereocenters. The fraction of sp³-hybridized carbons (Fsp3) is 0.308. The largest absolute Gasteiger partial charge is 0.480 e. The Hall–Kier alpha value is -1.01. The molecule has 1 atom stereocenters. The van der Waals surface area contributed by atoms with Crippen LogP contribution in [0.3, 0.4) is 0 Å². The van der Waals surface area contributed by atoms with Crippen LogP contribution in [0.15, 0.2) is 0 Å². The number of benzene rings is 1. The van der Waals surface area contributed by atoms with Crippen LogP contribution in [0.2, 0.25) is 20.1 Å². The second-order valence-electron chi connectivity index (χ2n) is 4.63. The molecule has 2 rings (SSSR count). The van der Waals surface area contributed by atoms with Gasteiger partial charge in [-0.15, -0.1) is 0 Å². The standard InChI is InChI=1S/C13H9Cl4NO4/c1-2-3-4(13(21)22)18-11(19)5-6(12(18)20)8(15)10(17)9(16)7(5)14/h4H,2-3H2,1H3,(H,21,22). The van der Waals surface area contributed by atoms with E-state index in [-0.39, 0.29) is 37.6 Å². The third-order valence-electron chi connectivity index (χ3n) is 3.29. The van der Waals surface area contributed by atoms with E-state index in [2.05, 4.69) is 0 Å². The van der Waals surface area contributed by atoms with Crippen LogP contribution in [0.5, 0.6) is 0 Å². The minimum Gasteiger partial charge on any atom is -0.480 e. The van der Waals surface area contributed by atoms with Crippen LogP contribution in [0, 0.1) is 0 Å². The molecule has 1 aromatic carbocycles. The van der Waals surface area contributed by atoms with Gasteiger partial charge in [0.25, 0.3) is 11.8 Å². The molecule has 0 aliphatic carbocycles. The lowest BCUT2D eigenvalue weighted by Crippen LogP contribution is -2.44. The van der Waals surface area contributed by atoms with Gasteiger partial charge in [0.2, 0.25) is 0 Å². The number of carbonyl (C=O) groups is 3. The Morgan fingerprint density at radius 2 is 1.41 bits per heavy atom. The van der Waals surface area contributed by atoms with Crippen LogP contribution < -0.4 is 0 Å². The molecule has 0 saturated carbocycles. The second kappa shape index (κ2) is 6.24. The Labute approximate surface area is 145 Å². The summed E-state index contributed by atoms with van der Waals surface area (Å²) in [6.45, 7) is 1.74. The van der Waals surface area contributed by atoms with Crippen molar-refractivity contribution in [2.24, 2.45) is 0 Å². The fourth-order valence-corrected chi connectivity index (χ4v) is 3.30. The van der Waals surface area contributed by atoms with Gasteiger partial charge in [0, 0.05) is 0 Å². The fourth-order valence-electron chi connectivity index (χ4n) is 2.29. The predicted molar refractivity (Wildman–Crippen MR) is 83.3 cm³/mol. The van der Waals surface area contributed by atoms with Gasteiger partial charge >= 0.3 is 5.97 Å². The smallest absolute Gasteiger partial charge is 0.326 e. The van der Waals surface area contributed by atoms with E-state index in [9.17, 15) is 19.5 Å². The van der Waals surface area contributed by atoms with Crippen LogP contribution >= 0.6 is 46.4 Å². The first-order chi connectivity index (χ1) is 10.2. The highest BCUT2D eigenvalue weighted by atomic mass is 35.5. The van der Waals surface area contributed by atoms with Crippen molar-refractivity contribution < 1.29 is 19.5 Å². The van der Waals surface area contributed by atoms with Crippen LogP contribution in [0.1, 0.15) is 40.5 Å². The monoisotopic (exact) mass is 383 g/mol. The van der Waals surface area contributed by atoms with Gasteiger partial charge in [-0.2, -0.15) is 0 Å². The van der Waals surface area contributed by atoms with E-state index in [0.717, 1.165) is 0 Å². The molecule has 22 heavy (non-hydrogen) atoms. The van der Waals surface area contributed by atoms with E-state index in [0.29, 0.717) is 11.3 Å². The van der Waals surface area contributed by atoms with E-state index in [1.807, 2.05) is 0 Å². The molecular formula is C13H9Cl4NO4. The molecular weight excluding hydrogens is 376 g/mol. The van der Waals surface area contributed by atoms with Crippen LogP contribution in [-0.4, -0.2) is 33.8 Å². The summed E-state index contributed by atoms with van der Waals surface area (Å²) >= 11 is 23.7. The lowest BCUT2D eigenvalue weighted by Gasteiger charge is -2.21. The molecule has 0 saturated heterocycles. The zero-order valence-corrected chi connectivity index (χ0v) is 14.1. The summed E-state index contributed by atoms with van der Waals surface area (Å²) in [6.07, 6.45) is 0.574. The molecule has 1 N–H and O–H groups in total. The van der Waals surface area contributed by atoms with E-state index >= 15 is 0 Å². The van der Waals surface area contributed by atoms with Gasteiger partial charge in [-0.05, 0) is 6.42 Å². The molecule has 0 radical (unpaired) electrons. The van der Waals surface area contributed by atoms with Gasteiger partial charge in [-0.1, -0.05) is 59.7 Å². The number of hydrogen-bond acceptors (Lipinski definition) is 3. The Morgan fingerprint density at radius 3 is 1.73 bits per heavy atom. The molecule has 1 aliphatic rings. The number of aliphatic carboxylic acids is 1. The van der Waals surface area contributed by atoms with Gasteiger partial charge < -0.3 is 5.11 Å². The van der Waals surface area contributed by atoms with Crippen molar-refractivity contribution in [2.45, 2.75) is 25.8 Å². The highest BCUT2D eigenvalue weighted by Crippen LogP contribution is 2.45. The molecule has 9 heteroatoms. The highest BCUT2D eigenvalue weighted by Gasteiger charge is 2.46. The minimum absolute atomic E-state index is 0.109. The first-order valence-corrected chi connectivity index (χ1v) is 7.71. The summed E-state index contributed by atoms with van der Waals surface area (Å²) in [5, 5.41) is 8.52. The molecule has 0 spiro atoms. The second-order valence-corrected chi connectivity index (χ2v) is 6.14. The van der Waals surface area contributed by atoms with Crippen molar-refractivity contribution in [1.82, 2.24) is 4.90 Å². The van der Waals surface area contributed by atoms with Gasteiger partial charge in [0.1, 0.15) is 6.04 Å².